The minimum atomic E-state index is -5.47. The number of rotatable bonds is 3. The van der Waals surface area contributed by atoms with E-state index in [1.807, 2.05) is 0 Å². The Morgan fingerprint density at radius 2 is 1.00 bits per heavy atom. The van der Waals surface area contributed by atoms with Crippen LogP contribution in [-0.4, -0.2) is 0 Å². The van der Waals surface area contributed by atoms with E-state index in [-0.39, 0.29) is 15.9 Å². The normalized spacial score (nSPS) is 13.3. The monoisotopic (exact) mass is 378 g/mol. The fraction of sp³-hybridized carbons (Fsp3) is 0. The van der Waals surface area contributed by atoms with Crippen molar-refractivity contribution in [2.24, 2.45) is 0 Å². The van der Waals surface area contributed by atoms with Gasteiger partial charge in [-0.15, -0.1) is 0 Å². The van der Waals surface area contributed by atoms with Crippen LogP contribution in [-0.2, 0) is 0 Å². The molecule has 0 nitrogen and oxygen atoms in total. The van der Waals surface area contributed by atoms with Gasteiger partial charge in [-0.05, 0) is 0 Å². The Bertz CT molecular complexity index is 745. The van der Waals surface area contributed by atoms with E-state index in [0.29, 0.717) is 4.47 Å². The van der Waals surface area contributed by atoms with Gasteiger partial charge in [0.2, 0.25) is 0 Å². The van der Waals surface area contributed by atoms with Gasteiger partial charge in [0, 0.05) is 0 Å². The molecule has 0 aliphatic rings. The summed E-state index contributed by atoms with van der Waals surface area (Å²) >= 11 is 3.31. The Labute approximate surface area is 137 Å². The summed E-state index contributed by atoms with van der Waals surface area (Å²) in [6.45, 7) is 0. The fourth-order valence-electron chi connectivity index (χ4n) is 2.58. The van der Waals surface area contributed by atoms with Crippen LogP contribution in [0.2, 0.25) is 0 Å². The number of hydrogen-bond acceptors (Lipinski definition) is 0. The molecule has 0 amide bonds. The molecule has 0 saturated carbocycles. The van der Waals surface area contributed by atoms with E-state index in [4.69, 9.17) is 0 Å². The summed E-state index contributed by atoms with van der Waals surface area (Å²) in [5.74, 6) is 0. The average Bonchev–Trinajstić information content (AvgIpc) is 2.57. The van der Waals surface area contributed by atoms with E-state index >= 15 is 8.39 Å². The van der Waals surface area contributed by atoms with Crippen LogP contribution in [0.25, 0.3) is 0 Å². The van der Waals surface area contributed by atoms with Crippen LogP contribution in [0.5, 0.6) is 0 Å². The second kappa shape index (κ2) is 5.57. The summed E-state index contributed by atoms with van der Waals surface area (Å²) in [5, 5.41) is 0.212. The van der Waals surface area contributed by atoms with E-state index in [0.717, 1.165) is 0 Å². The van der Waals surface area contributed by atoms with Gasteiger partial charge >= 0.3 is 137 Å². The molecule has 0 N–H and O–H groups in total. The fourth-order valence-corrected chi connectivity index (χ4v) is 6.84. The Kier molecular flexibility index (Phi) is 3.88. The van der Waals surface area contributed by atoms with Crippen molar-refractivity contribution in [1.29, 1.82) is 0 Å². The molecule has 3 rings (SSSR count). The van der Waals surface area contributed by atoms with E-state index < -0.39 is 7.22 Å². The molecule has 0 bridgehead atoms. The summed E-state index contributed by atoms with van der Waals surface area (Å²) < 4.78 is 33.2. The van der Waals surface area contributed by atoms with Gasteiger partial charge in [0.15, 0.2) is 0 Å². The van der Waals surface area contributed by atoms with Gasteiger partial charge in [-0.2, -0.15) is 0 Å². The summed E-state index contributed by atoms with van der Waals surface area (Å²) in [5.41, 5.74) is 0. The topological polar surface area (TPSA) is 0 Å². The molecule has 0 aromatic heterocycles. The van der Waals surface area contributed by atoms with Gasteiger partial charge in [-0.1, -0.05) is 0 Å². The molecule has 0 atom stereocenters. The summed E-state index contributed by atoms with van der Waals surface area (Å²) in [6.07, 6.45) is 0. The van der Waals surface area contributed by atoms with Crippen LogP contribution in [0.3, 0.4) is 0 Å². The van der Waals surface area contributed by atoms with Gasteiger partial charge in [0.25, 0.3) is 0 Å². The predicted molar refractivity (Wildman–Crippen MR) is 95.1 cm³/mol. The summed E-state index contributed by atoms with van der Waals surface area (Å²) in [4.78, 5) is 0. The molecule has 22 heavy (non-hydrogen) atoms. The van der Waals surface area contributed by atoms with Crippen molar-refractivity contribution in [3.8, 4) is 0 Å². The first kappa shape index (κ1) is 15.3. The van der Waals surface area contributed by atoms with Crippen molar-refractivity contribution in [2.45, 2.75) is 0 Å². The summed E-state index contributed by atoms with van der Waals surface area (Å²) in [7, 11) is -5.47. The van der Waals surface area contributed by atoms with Crippen LogP contribution >= 0.6 is 23.2 Å². The van der Waals surface area contributed by atoms with Gasteiger partial charge in [-0.3, -0.25) is 0 Å². The molecule has 0 saturated heterocycles. The Morgan fingerprint density at radius 3 is 1.45 bits per heavy atom. The van der Waals surface area contributed by atoms with E-state index in [2.05, 4.69) is 15.9 Å². The molecule has 0 fully saturated rings. The average molecular weight is 379 g/mol. The molecular formula is C18H14BrF2P. The SMILES string of the molecule is FP(F)(c1ccccc1)(c1ccccc1)c1ccccc1Br. The summed E-state index contributed by atoms with van der Waals surface area (Å²) in [6, 6.07) is 22.8. The minimum absolute atomic E-state index is 0.0610. The van der Waals surface area contributed by atoms with Gasteiger partial charge in [-0.25, -0.2) is 0 Å². The van der Waals surface area contributed by atoms with Crippen molar-refractivity contribution in [3.05, 3.63) is 89.4 Å². The third-order valence-electron chi connectivity index (χ3n) is 3.69. The quantitative estimate of drug-likeness (QED) is 0.559. The zero-order chi connectivity index (χ0) is 15.7. The van der Waals surface area contributed by atoms with Crippen molar-refractivity contribution in [2.75, 3.05) is 0 Å². The van der Waals surface area contributed by atoms with Crippen LogP contribution < -0.4 is 15.9 Å². The van der Waals surface area contributed by atoms with Crippen molar-refractivity contribution >= 4 is 39.1 Å². The maximum atomic E-state index is 16.4. The predicted octanol–water partition coefficient (Wildman–Crippen LogP) is 5.05. The second-order valence-electron chi connectivity index (χ2n) is 5.03. The van der Waals surface area contributed by atoms with Gasteiger partial charge < -0.3 is 0 Å². The molecular weight excluding hydrogens is 365 g/mol. The molecule has 4 heteroatoms. The molecule has 0 heterocycles. The zero-order valence-electron chi connectivity index (χ0n) is 11.7. The molecule has 3 aromatic carbocycles. The van der Waals surface area contributed by atoms with E-state index in [1.54, 1.807) is 54.6 Å². The first-order valence-corrected chi connectivity index (χ1v) is 9.66. The van der Waals surface area contributed by atoms with Crippen LogP contribution in [0.4, 0.5) is 8.39 Å². The van der Waals surface area contributed by atoms with Gasteiger partial charge in [0.05, 0.1) is 0 Å². The van der Waals surface area contributed by atoms with Crippen molar-refractivity contribution < 1.29 is 8.39 Å². The number of benzene rings is 3. The van der Waals surface area contributed by atoms with Crippen LogP contribution in [0.15, 0.2) is 89.4 Å². The second-order valence-corrected chi connectivity index (χ2v) is 9.21. The standard InChI is InChI=1S/C18H14BrF2P/c19-17-13-7-8-14-18(17)22(20,21,15-9-3-1-4-10-15)16-11-5-2-6-12-16/h1-14H. The van der Waals surface area contributed by atoms with Crippen molar-refractivity contribution in [3.63, 3.8) is 0 Å². The molecule has 3 aromatic rings. The number of halogens is 3. The maximum absolute atomic E-state index is 16.4. The first-order valence-electron chi connectivity index (χ1n) is 6.85. The Hall–Kier alpha value is -1.57. The third kappa shape index (κ3) is 2.29. The van der Waals surface area contributed by atoms with E-state index in [9.17, 15) is 0 Å². The molecule has 0 spiro atoms. The van der Waals surface area contributed by atoms with Crippen LogP contribution in [0, 0.1) is 0 Å². The Balaban J connectivity index is 2.41. The molecule has 112 valence electrons. The van der Waals surface area contributed by atoms with E-state index in [1.165, 1.54) is 30.3 Å². The molecule has 0 unspecified atom stereocenters. The molecule has 0 aliphatic heterocycles. The molecule has 0 aliphatic carbocycles. The number of hydrogen-bond donors (Lipinski definition) is 0. The third-order valence-corrected chi connectivity index (χ3v) is 8.34. The van der Waals surface area contributed by atoms with Crippen LogP contribution in [0.1, 0.15) is 0 Å². The first-order chi connectivity index (χ1) is 10.5. The van der Waals surface area contributed by atoms with Gasteiger partial charge in [0.1, 0.15) is 0 Å². The Morgan fingerprint density at radius 1 is 0.591 bits per heavy atom. The zero-order valence-corrected chi connectivity index (χ0v) is 14.1. The van der Waals surface area contributed by atoms with Crippen molar-refractivity contribution in [1.82, 2.24) is 0 Å². The molecule has 0 radical (unpaired) electrons.